The van der Waals surface area contributed by atoms with E-state index < -0.39 is 5.97 Å². The van der Waals surface area contributed by atoms with Crippen LogP contribution in [0.25, 0.3) is 16.8 Å². The number of fused-ring (bicyclic) bond motifs is 1. The molecule has 0 saturated carbocycles. The minimum atomic E-state index is -0.473. The van der Waals surface area contributed by atoms with Gasteiger partial charge in [0.25, 0.3) is 5.56 Å². The van der Waals surface area contributed by atoms with Gasteiger partial charge in [0, 0.05) is 22.0 Å². The van der Waals surface area contributed by atoms with Crippen molar-refractivity contribution in [1.82, 2.24) is 14.6 Å². The number of rotatable bonds is 4. The molecule has 2 aromatic heterocycles. The van der Waals surface area contributed by atoms with Gasteiger partial charge in [-0.05, 0) is 31.0 Å². The maximum absolute atomic E-state index is 12.8. The van der Waals surface area contributed by atoms with Crippen molar-refractivity contribution in [2.45, 2.75) is 26.7 Å². The molecular weight excluding hydrogens is 342 g/mol. The van der Waals surface area contributed by atoms with E-state index in [2.05, 4.69) is 14.8 Å². The summed E-state index contributed by atoms with van der Waals surface area (Å²) in [6.45, 7) is 3.71. The fourth-order valence-corrected chi connectivity index (χ4v) is 3.07. The highest BCUT2D eigenvalue weighted by molar-refractivity contribution is 6.30. The van der Waals surface area contributed by atoms with Crippen molar-refractivity contribution in [3.63, 3.8) is 0 Å². The van der Waals surface area contributed by atoms with Gasteiger partial charge in [-0.25, -0.2) is 9.50 Å². The molecule has 130 valence electrons. The summed E-state index contributed by atoms with van der Waals surface area (Å²) in [5.41, 5.74) is 3.67. The number of benzene rings is 1. The second-order valence-electron chi connectivity index (χ2n) is 5.72. The first-order valence-corrected chi connectivity index (χ1v) is 8.29. The summed E-state index contributed by atoms with van der Waals surface area (Å²) in [6.07, 6.45) is 0.583. The molecule has 0 atom stereocenters. The minimum absolute atomic E-state index is 0.107. The summed E-state index contributed by atoms with van der Waals surface area (Å²) >= 11 is 6.12. The summed E-state index contributed by atoms with van der Waals surface area (Å²) in [7, 11) is 1.29. The monoisotopic (exact) mass is 359 g/mol. The van der Waals surface area contributed by atoms with E-state index >= 15 is 0 Å². The number of aryl methyl sites for hydroxylation is 2. The second-order valence-corrected chi connectivity index (χ2v) is 6.16. The number of nitrogens with one attached hydrogen (secondary N) is 1. The van der Waals surface area contributed by atoms with Gasteiger partial charge in [0.05, 0.1) is 19.1 Å². The molecule has 0 aliphatic carbocycles. The summed E-state index contributed by atoms with van der Waals surface area (Å²) < 4.78 is 6.06. The maximum atomic E-state index is 12.8. The van der Waals surface area contributed by atoms with Crippen LogP contribution < -0.4 is 5.56 Å². The van der Waals surface area contributed by atoms with Gasteiger partial charge in [-0.3, -0.25) is 14.7 Å². The number of H-pyrrole nitrogens is 1. The number of ether oxygens (including phenoxy) is 1. The SMILES string of the molecule is CCc1[nH]n2c(=O)c(CC(=O)OC)c(C)nc2c1-c1cccc(Cl)c1. The smallest absolute Gasteiger partial charge is 0.310 e. The third kappa shape index (κ3) is 3.05. The van der Waals surface area contributed by atoms with Crippen LogP contribution in [-0.2, 0) is 22.4 Å². The van der Waals surface area contributed by atoms with Gasteiger partial charge in [-0.2, -0.15) is 0 Å². The van der Waals surface area contributed by atoms with Crippen LogP contribution in [0.1, 0.15) is 23.9 Å². The molecule has 0 unspecified atom stereocenters. The first kappa shape index (κ1) is 17.2. The number of carbonyl (C=O) groups is 1. The van der Waals surface area contributed by atoms with E-state index in [9.17, 15) is 9.59 Å². The lowest BCUT2D eigenvalue weighted by Crippen LogP contribution is -2.24. The Morgan fingerprint density at radius 3 is 2.80 bits per heavy atom. The van der Waals surface area contributed by atoms with Crippen LogP contribution in [0, 0.1) is 6.92 Å². The average Bonchev–Trinajstić information content (AvgIpc) is 2.96. The predicted octanol–water partition coefficient (Wildman–Crippen LogP) is 2.93. The van der Waals surface area contributed by atoms with E-state index in [1.807, 2.05) is 25.1 Å². The molecule has 7 heteroatoms. The minimum Gasteiger partial charge on any atom is -0.469 e. The Morgan fingerprint density at radius 2 is 2.16 bits per heavy atom. The summed E-state index contributed by atoms with van der Waals surface area (Å²) in [5, 5.41) is 3.72. The van der Waals surface area contributed by atoms with Gasteiger partial charge in [-0.1, -0.05) is 30.7 Å². The van der Waals surface area contributed by atoms with Crippen LogP contribution in [0.15, 0.2) is 29.1 Å². The highest BCUT2D eigenvalue weighted by Gasteiger charge is 2.20. The zero-order valence-electron chi connectivity index (χ0n) is 14.2. The molecule has 0 fully saturated rings. The van der Waals surface area contributed by atoms with E-state index in [4.69, 9.17) is 11.6 Å². The number of aromatic nitrogens is 3. The molecule has 0 aliphatic heterocycles. The molecule has 3 aromatic rings. The number of aromatic amines is 1. The standard InChI is InChI=1S/C18H18ClN3O3/c1-4-14-16(11-6-5-7-12(19)8-11)17-20-10(2)13(9-15(23)25-3)18(24)22(17)21-14/h5-8,21H,4,9H2,1-3H3. The molecule has 6 nitrogen and oxygen atoms in total. The van der Waals surface area contributed by atoms with Gasteiger partial charge in [0.1, 0.15) is 0 Å². The average molecular weight is 360 g/mol. The number of hydrogen-bond donors (Lipinski definition) is 1. The Kier molecular flexibility index (Phi) is 4.63. The van der Waals surface area contributed by atoms with E-state index in [0.29, 0.717) is 28.3 Å². The fraction of sp³-hybridized carbons (Fsp3) is 0.278. The van der Waals surface area contributed by atoms with Gasteiger partial charge in [0.2, 0.25) is 0 Å². The van der Waals surface area contributed by atoms with E-state index in [1.165, 1.54) is 11.6 Å². The molecule has 1 N–H and O–H groups in total. The molecular formula is C18H18ClN3O3. The van der Waals surface area contributed by atoms with Crippen molar-refractivity contribution >= 4 is 23.2 Å². The van der Waals surface area contributed by atoms with Crippen molar-refractivity contribution < 1.29 is 9.53 Å². The van der Waals surface area contributed by atoms with Crippen LogP contribution in [0.2, 0.25) is 5.02 Å². The molecule has 0 amide bonds. The summed E-state index contributed by atoms with van der Waals surface area (Å²) in [6, 6.07) is 7.42. The van der Waals surface area contributed by atoms with Crippen LogP contribution in [0.3, 0.4) is 0 Å². The normalized spacial score (nSPS) is 11.0. The summed E-state index contributed by atoms with van der Waals surface area (Å²) in [5.74, 6) is -0.473. The zero-order valence-corrected chi connectivity index (χ0v) is 15.0. The molecule has 25 heavy (non-hydrogen) atoms. The molecule has 1 aromatic carbocycles. The van der Waals surface area contributed by atoms with Crippen molar-refractivity contribution in [3.8, 4) is 11.1 Å². The maximum Gasteiger partial charge on any atom is 0.310 e. The Labute approximate surface area is 149 Å². The lowest BCUT2D eigenvalue weighted by Gasteiger charge is -2.06. The molecule has 0 bridgehead atoms. The Balaban J connectivity index is 2.29. The Morgan fingerprint density at radius 1 is 1.40 bits per heavy atom. The lowest BCUT2D eigenvalue weighted by molar-refractivity contribution is -0.139. The molecule has 0 radical (unpaired) electrons. The van der Waals surface area contributed by atoms with E-state index in [0.717, 1.165) is 16.8 Å². The number of methoxy groups -OCH3 is 1. The highest BCUT2D eigenvalue weighted by Crippen LogP contribution is 2.29. The van der Waals surface area contributed by atoms with Gasteiger partial charge < -0.3 is 4.74 Å². The van der Waals surface area contributed by atoms with Gasteiger partial charge in [0.15, 0.2) is 5.65 Å². The number of halogens is 1. The number of esters is 1. The van der Waals surface area contributed by atoms with Gasteiger partial charge >= 0.3 is 5.97 Å². The number of hydrogen-bond acceptors (Lipinski definition) is 4. The molecule has 0 spiro atoms. The number of nitrogens with zero attached hydrogens (tertiary/aromatic N) is 2. The number of carbonyl (C=O) groups excluding carboxylic acids is 1. The van der Waals surface area contributed by atoms with E-state index in [1.54, 1.807) is 13.0 Å². The fourth-order valence-electron chi connectivity index (χ4n) is 2.88. The van der Waals surface area contributed by atoms with Crippen molar-refractivity contribution in [1.29, 1.82) is 0 Å². The van der Waals surface area contributed by atoms with Crippen LogP contribution in [-0.4, -0.2) is 27.7 Å². The third-order valence-corrected chi connectivity index (χ3v) is 4.41. The quantitative estimate of drug-likeness (QED) is 0.726. The first-order chi connectivity index (χ1) is 12.0. The summed E-state index contributed by atoms with van der Waals surface area (Å²) in [4.78, 5) is 29.0. The largest absolute Gasteiger partial charge is 0.469 e. The Bertz CT molecular complexity index is 1020. The van der Waals surface area contributed by atoms with Crippen molar-refractivity contribution in [2.24, 2.45) is 0 Å². The van der Waals surface area contributed by atoms with Crippen molar-refractivity contribution in [2.75, 3.05) is 7.11 Å². The topological polar surface area (TPSA) is 76.5 Å². The van der Waals surface area contributed by atoms with Crippen LogP contribution in [0.5, 0.6) is 0 Å². The first-order valence-electron chi connectivity index (χ1n) is 7.92. The van der Waals surface area contributed by atoms with Crippen LogP contribution in [0.4, 0.5) is 0 Å². The zero-order chi connectivity index (χ0) is 18.1. The Hall–Kier alpha value is -2.60. The molecule has 3 rings (SSSR count). The highest BCUT2D eigenvalue weighted by atomic mass is 35.5. The molecule has 0 aliphatic rings. The molecule has 2 heterocycles. The third-order valence-electron chi connectivity index (χ3n) is 4.17. The second kappa shape index (κ2) is 6.72. The van der Waals surface area contributed by atoms with Gasteiger partial charge in [-0.15, -0.1) is 0 Å². The van der Waals surface area contributed by atoms with E-state index in [-0.39, 0.29) is 12.0 Å². The van der Waals surface area contributed by atoms with Crippen LogP contribution >= 0.6 is 11.6 Å². The predicted molar refractivity (Wildman–Crippen MR) is 96.1 cm³/mol. The molecule has 0 saturated heterocycles. The lowest BCUT2D eigenvalue weighted by atomic mass is 10.0. The van der Waals surface area contributed by atoms with Crippen molar-refractivity contribution in [3.05, 3.63) is 56.6 Å².